The summed E-state index contributed by atoms with van der Waals surface area (Å²) in [6.07, 6.45) is 8.03. The Morgan fingerprint density at radius 2 is 2.21 bits per heavy atom. The van der Waals surface area contributed by atoms with Gasteiger partial charge in [0.15, 0.2) is 5.78 Å². The Kier molecular flexibility index (Phi) is 2.48. The number of fused-ring (bicyclic) bond motifs is 1. The monoisotopic (exact) mass is 190 g/mol. The minimum atomic E-state index is 0.0672. The first-order valence-corrected chi connectivity index (χ1v) is 5.02. The highest BCUT2D eigenvalue weighted by atomic mass is 16.1. The lowest BCUT2D eigenvalue weighted by Crippen LogP contribution is -2.01. The number of allylic oxidation sites excluding steroid dienone is 1. The van der Waals surface area contributed by atoms with Gasteiger partial charge in [0.25, 0.3) is 0 Å². The summed E-state index contributed by atoms with van der Waals surface area (Å²) in [5.74, 6) is 0.0672. The second kappa shape index (κ2) is 3.78. The third-order valence-electron chi connectivity index (χ3n) is 2.56. The molecule has 74 valence electrons. The van der Waals surface area contributed by atoms with Crippen LogP contribution in [0.5, 0.6) is 0 Å². The lowest BCUT2D eigenvalue weighted by molar-refractivity contribution is -0.112. The second-order valence-corrected chi connectivity index (χ2v) is 3.72. The highest BCUT2D eigenvalue weighted by Crippen LogP contribution is 2.22. The van der Waals surface area contributed by atoms with Crippen molar-refractivity contribution in [2.24, 2.45) is 0 Å². The quantitative estimate of drug-likeness (QED) is 0.724. The molecule has 0 unspecified atom stereocenters. The minimum absolute atomic E-state index is 0.0672. The van der Waals surface area contributed by atoms with Crippen molar-refractivity contribution in [3.05, 3.63) is 23.0 Å². The molecule has 1 aromatic rings. The smallest absolute Gasteiger partial charge is 0.152 e. The molecular weight excluding hydrogens is 176 g/mol. The van der Waals surface area contributed by atoms with Crippen molar-refractivity contribution in [3.63, 3.8) is 0 Å². The number of rotatable bonds is 2. The first-order chi connectivity index (χ1) is 6.77. The standard InChI is InChI=1S/C11H14N2O/c1-8(14)6-7-11-9-4-2-3-5-10(9)12-13-11/h6-7H,2-5H2,1H3,(H,12,13)/b7-6+. The van der Waals surface area contributed by atoms with Gasteiger partial charge in [-0.25, -0.2) is 0 Å². The molecule has 2 rings (SSSR count). The van der Waals surface area contributed by atoms with Crippen LogP contribution < -0.4 is 0 Å². The highest BCUT2D eigenvalue weighted by Gasteiger charge is 2.14. The van der Waals surface area contributed by atoms with Crippen LogP contribution in [0, 0.1) is 0 Å². The summed E-state index contributed by atoms with van der Waals surface area (Å²) >= 11 is 0. The Labute approximate surface area is 83.2 Å². The lowest BCUT2D eigenvalue weighted by atomic mass is 9.96. The maximum Gasteiger partial charge on any atom is 0.152 e. The predicted molar refractivity (Wildman–Crippen MR) is 54.9 cm³/mol. The molecule has 1 N–H and O–H groups in total. The number of H-pyrrole nitrogens is 1. The Morgan fingerprint density at radius 1 is 1.43 bits per heavy atom. The molecule has 1 aliphatic carbocycles. The Balaban J connectivity index is 2.26. The number of aryl methyl sites for hydroxylation is 1. The van der Waals surface area contributed by atoms with Crippen molar-refractivity contribution in [1.82, 2.24) is 10.2 Å². The van der Waals surface area contributed by atoms with E-state index in [2.05, 4.69) is 10.2 Å². The Bertz CT molecular complexity index is 377. The third-order valence-corrected chi connectivity index (χ3v) is 2.56. The van der Waals surface area contributed by atoms with Crippen molar-refractivity contribution >= 4 is 11.9 Å². The average Bonchev–Trinajstić information content (AvgIpc) is 2.58. The summed E-state index contributed by atoms with van der Waals surface area (Å²) in [5.41, 5.74) is 3.49. The van der Waals surface area contributed by atoms with Crippen LogP contribution in [0.1, 0.15) is 36.7 Å². The SMILES string of the molecule is CC(=O)/C=C/c1n[nH]c2c1CCCC2. The molecule has 3 nitrogen and oxygen atoms in total. The summed E-state index contributed by atoms with van der Waals surface area (Å²) in [7, 11) is 0. The molecule has 0 atom stereocenters. The van der Waals surface area contributed by atoms with Crippen LogP contribution in [-0.4, -0.2) is 16.0 Å². The Hall–Kier alpha value is -1.38. The molecule has 0 spiro atoms. The van der Waals surface area contributed by atoms with E-state index in [1.54, 1.807) is 13.0 Å². The predicted octanol–water partition coefficient (Wildman–Crippen LogP) is 1.89. The molecule has 0 radical (unpaired) electrons. The zero-order chi connectivity index (χ0) is 9.97. The fourth-order valence-corrected chi connectivity index (χ4v) is 1.84. The average molecular weight is 190 g/mol. The summed E-state index contributed by atoms with van der Waals surface area (Å²) in [4.78, 5) is 10.8. The zero-order valence-corrected chi connectivity index (χ0v) is 8.34. The maximum absolute atomic E-state index is 10.8. The van der Waals surface area contributed by atoms with E-state index in [1.807, 2.05) is 6.08 Å². The summed E-state index contributed by atoms with van der Waals surface area (Å²) < 4.78 is 0. The van der Waals surface area contributed by atoms with Crippen molar-refractivity contribution in [2.75, 3.05) is 0 Å². The second-order valence-electron chi connectivity index (χ2n) is 3.72. The minimum Gasteiger partial charge on any atom is -0.295 e. The van der Waals surface area contributed by atoms with Gasteiger partial charge in [-0.2, -0.15) is 5.10 Å². The van der Waals surface area contributed by atoms with E-state index in [9.17, 15) is 4.79 Å². The molecule has 1 heterocycles. The largest absolute Gasteiger partial charge is 0.295 e. The molecule has 0 aromatic carbocycles. The van der Waals surface area contributed by atoms with Gasteiger partial charge in [0.05, 0.1) is 5.69 Å². The summed E-state index contributed by atoms with van der Waals surface area (Å²) in [6.45, 7) is 1.55. The van der Waals surface area contributed by atoms with Crippen molar-refractivity contribution in [3.8, 4) is 0 Å². The maximum atomic E-state index is 10.8. The van der Waals surface area contributed by atoms with E-state index >= 15 is 0 Å². The van der Waals surface area contributed by atoms with E-state index in [0.29, 0.717) is 0 Å². The van der Waals surface area contributed by atoms with Crippen molar-refractivity contribution < 1.29 is 4.79 Å². The number of carbonyl (C=O) groups is 1. The van der Waals surface area contributed by atoms with Crippen LogP contribution in [0.25, 0.3) is 6.08 Å². The van der Waals surface area contributed by atoms with Crippen molar-refractivity contribution in [1.29, 1.82) is 0 Å². The molecule has 0 aliphatic heterocycles. The van der Waals surface area contributed by atoms with Gasteiger partial charge in [0.2, 0.25) is 0 Å². The summed E-state index contributed by atoms with van der Waals surface area (Å²) in [5, 5.41) is 7.24. The number of hydrogen-bond donors (Lipinski definition) is 1. The molecule has 3 heteroatoms. The number of aromatic amines is 1. The van der Waals surface area contributed by atoms with Gasteiger partial charge in [0.1, 0.15) is 0 Å². The molecule has 1 aliphatic rings. The number of nitrogens with one attached hydrogen (secondary N) is 1. The summed E-state index contributed by atoms with van der Waals surface area (Å²) in [6, 6.07) is 0. The van der Waals surface area contributed by atoms with E-state index in [-0.39, 0.29) is 5.78 Å². The molecule has 0 saturated heterocycles. The van der Waals surface area contributed by atoms with Gasteiger partial charge in [0, 0.05) is 11.3 Å². The van der Waals surface area contributed by atoms with E-state index in [4.69, 9.17) is 0 Å². The molecule has 0 saturated carbocycles. The van der Waals surface area contributed by atoms with E-state index in [0.717, 1.165) is 18.5 Å². The molecule has 0 amide bonds. The molecule has 0 bridgehead atoms. The fraction of sp³-hybridized carbons (Fsp3) is 0.455. The molecule has 1 aromatic heterocycles. The molecule has 14 heavy (non-hydrogen) atoms. The Morgan fingerprint density at radius 3 is 3.00 bits per heavy atom. The van der Waals surface area contributed by atoms with Gasteiger partial charge in [-0.05, 0) is 44.8 Å². The van der Waals surface area contributed by atoms with Crippen LogP contribution in [0.3, 0.4) is 0 Å². The van der Waals surface area contributed by atoms with Crippen LogP contribution in [0.4, 0.5) is 0 Å². The highest BCUT2D eigenvalue weighted by molar-refractivity contribution is 5.91. The van der Waals surface area contributed by atoms with Gasteiger partial charge in [-0.1, -0.05) is 0 Å². The van der Waals surface area contributed by atoms with E-state index in [1.165, 1.54) is 24.1 Å². The fourth-order valence-electron chi connectivity index (χ4n) is 1.84. The lowest BCUT2D eigenvalue weighted by Gasteiger charge is -2.09. The number of hydrogen-bond acceptors (Lipinski definition) is 2. The van der Waals surface area contributed by atoms with Crippen LogP contribution in [0.2, 0.25) is 0 Å². The molecule has 0 fully saturated rings. The van der Waals surface area contributed by atoms with Crippen LogP contribution >= 0.6 is 0 Å². The molecular formula is C11H14N2O. The number of ketones is 1. The third kappa shape index (κ3) is 1.76. The normalized spacial score (nSPS) is 15.8. The van der Waals surface area contributed by atoms with Crippen molar-refractivity contribution in [2.45, 2.75) is 32.6 Å². The van der Waals surface area contributed by atoms with Gasteiger partial charge in [-0.15, -0.1) is 0 Å². The van der Waals surface area contributed by atoms with E-state index < -0.39 is 0 Å². The van der Waals surface area contributed by atoms with Gasteiger partial charge in [-0.3, -0.25) is 9.89 Å². The van der Waals surface area contributed by atoms with Crippen LogP contribution in [0.15, 0.2) is 6.08 Å². The van der Waals surface area contributed by atoms with Gasteiger partial charge >= 0.3 is 0 Å². The topological polar surface area (TPSA) is 45.8 Å². The number of aromatic nitrogens is 2. The first-order valence-electron chi connectivity index (χ1n) is 5.02. The van der Waals surface area contributed by atoms with Gasteiger partial charge < -0.3 is 0 Å². The zero-order valence-electron chi connectivity index (χ0n) is 8.34. The number of nitrogens with zero attached hydrogens (tertiary/aromatic N) is 1. The number of carbonyl (C=O) groups excluding carboxylic acids is 1. The first kappa shape index (κ1) is 9.19. The van der Waals surface area contributed by atoms with Crippen LogP contribution in [-0.2, 0) is 17.6 Å².